The highest BCUT2D eigenvalue weighted by molar-refractivity contribution is 5.86. The van der Waals surface area contributed by atoms with E-state index >= 15 is 0 Å². The van der Waals surface area contributed by atoms with Gasteiger partial charge in [-0.2, -0.15) is 0 Å². The van der Waals surface area contributed by atoms with Crippen LogP contribution in [0, 0.1) is 11.8 Å². The van der Waals surface area contributed by atoms with E-state index in [1.54, 1.807) is 4.90 Å². The summed E-state index contributed by atoms with van der Waals surface area (Å²) < 4.78 is 11.0. The van der Waals surface area contributed by atoms with Crippen LogP contribution in [0.2, 0.25) is 0 Å². The summed E-state index contributed by atoms with van der Waals surface area (Å²) in [6.45, 7) is 8.17. The Morgan fingerprint density at radius 3 is 2.54 bits per heavy atom. The van der Waals surface area contributed by atoms with E-state index in [0.717, 1.165) is 0 Å². The largest absolute Gasteiger partial charge is 0.505 e. The quantitative estimate of drug-likeness (QED) is 0.333. The van der Waals surface area contributed by atoms with Crippen LogP contribution in [-0.2, 0) is 9.47 Å². The van der Waals surface area contributed by atoms with Gasteiger partial charge in [0.25, 0.3) is 0 Å². The molecule has 1 amide bonds. The van der Waals surface area contributed by atoms with Gasteiger partial charge in [0.05, 0.1) is 16.6 Å². The van der Waals surface area contributed by atoms with Crippen molar-refractivity contribution in [3.8, 4) is 11.5 Å². The summed E-state index contributed by atoms with van der Waals surface area (Å²) in [4.78, 5) is 13.2. The molecule has 2 aliphatic heterocycles. The molecule has 8 nitrogen and oxygen atoms in total. The van der Waals surface area contributed by atoms with Crippen LogP contribution in [0.3, 0.4) is 0 Å². The van der Waals surface area contributed by atoms with E-state index in [-0.39, 0.29) is 50.9 Å². The van der Waals surface area contributed by atoms with Gasteiger partial charge in [-0.25, -0.2) is 4.79 Å². The van der Waals surface area contributed by atoms with Crippen molar-refractivity contribution in [2.75, 3.05) is 24.3 Å². The molecule has 3 rings (SSSR count). The van der Waals surface area contributed by atoms with Crippen LogP contribution >= 0.6 is 0 Å². The van der Waals surface area contributed by atoms with Crippen molar-refractivity contribution in [2.45, 2.75) is 19.6 Å². The molecule has 0 bridgehead atoms. The van der Waals surface area contributed by atoms with Crippen molar-refractivity contribution in [3.63, 3.8) is 0 Å². The Kier molecular flexibility index (Phi) is 3.35. The number of phenolic OH excluding ortho intramolecular Hbond substituents is 2. The smallest absolute Gasteiger partial charge is 0.409 e. The maximum absolute atomic E-state index is 11.5. The van der Waals surface area contributed by atoms with Crippen LogP contribution in [0.4, 0.5) is 16.2 Å². The second-order valence-corrected chi connectivity index (χ2v) is 6.34. The van der Waals surface area contributed by atoms with Crippen LogP contribution in [0.15, 0.2) is 0 Å². The first kappa shape index (κ1) is 16.3. The lowest BCUT2D eigenvalue weighted by molar-refractivity contribution is -0.00769. The first-order valence-corrected chi connectivity index (χ1v) is 7.55. The number of phenols is 2. The fourth-order valence-corrected chi connectivity index (χ4v) is 3.85. The molecule has 8 heteroatoms. The van der Waals surface area contributed by atoms with E-state index in [2.05, 4.69) is 6.58 Å². The van der Waals surface area contributed by atoms with Gasteiger partial charge in [-0.05, 0) is 5.92 Å². The standard InChI is InChI=1S/C16H21N3O5/c1-6-5-19-11-9(13(21)10(17)7(2)12(11)20)14(24-15(18)22)16(19,23-4)8(6)3/h6,8,20-21H,2,5,17H2,1,3-4H3,(H2,18,22)/t6-,8-,16-/m0/s1. The van der Waals surface area contributed by atoms with Crippen molar-refractivity contribution in [2.24, 2.45) is 17.6 Å². The molecule has 2 heterocycles. The summed E-state index contributed by atoms with van der Waals surface area (Å²) in [7, 11) is 1.47. The lowest BCUT2D eigenvalue weighted by Crippen LogP contribution is -2.49. The van der Waals surface area contributed by atoms with E-state index < -0.39 is 11.8 Å². The number of ether oxygens (including phenoxy) is 2. The molecule has 130 valence electrons. The number of methoxy groups -OCH3 is 1. The highest BCUT2D eigenvalue weighted by atomic mass is 16.6. The molecule has 1 fully saturated rings. The third-order valence-corrected chi connectivity index (χ3v) is 5.24. The van der Waals surface area contributed by atoms with Crippen LogP contribution in [-0.4, -0.2) is 35.7 Å². The van der Waals surface area contributed by atoms with Crippen molar-refractivity contribution in [1.29, 1.82) is 0 Å². The number of nitrogens with zero attached hydrogens (tertiary/aromatic N) is 1. The number of primary amides is 1. The third kappa shape index (κ3) is 1.68. The summed E-state index contributed by atoms with van der Waals surface area (Å²) in [6.07, 6.45) is -1.04. The lowest BCUT2D eigenvalue weighted by atomic mass is 9.89. The summed E-state index contributed by atoms with van der Waals surface area (Å²) in [5, 5.41) is 21.3. The number of nitrogen functional groups attached to an aromatic ring is 1. The number of benzene rings is 1. The maximum atomic E-state index is 11.5. The summed E-state index contributed by atoms with van der Waals surface area (Å²) >= 11 is 0. The van der Waals surface area contributed by atoms with E-state index in [1.165, 1.54) is 7.11 Å². The zero-order valence-corrected chi connectivity index (χ0v) is 13.8. The monoisotopic (exact) mass is 335 g/mol. The minimum atomic E-state index is -1.17. The number of nitrogens with two attached hydrogens (primary N) is 2. The normalized spacial score (nSPS) is 28.0. The Hall–Kier alpha value is -2.61. The Morgan fingerprint density at radius 2 is 2.00 bits per heavy atom. The average Bonchev–Trinajstić information content (AvgIpc) is 2.94. The van der Waals surface area contributed by atoms with Gasteiger partial charge < -0.3 is 36.1 Å². The number of fused-ring (bicyclic) bond motifs is 3. The van der Waals surface area contributed by atoms with Crippen molar-refractivity contribution in [3.05, 3.63) is 10.4 Å². The molecular formula is C16H21N3O5. The van der Waals surface area contributed by atoms with Crippen LogP contribution in [0.1, 0.15) is 13.8 Å². The first-order chi connectivity index (χ1) is 11.2. The Morgan fingerprint density at radius 1 is 1.38 bits per heavy atom. The number of carbonyl (C=O) groups is 1. The van der Waals surface area contributed by atoms with Gasteiger partial charge in [-0.15, -0.1) is 0 Å². The second-order valence-electron chi connectivity index (χ2n) is 6.34. The van der Waals surface area contributed by atoms with Gasteiger partial charge in [0, 0.05) is 24.8 Å². The number of hydrogen-bond donors (Lipinski definition) is 4. The lowest BCUT2D eigenvalue weighted by Gasteiger charge is -2.37. The Balaban J connectivity index is 2.48. The number of rotatable bonds is 2. The fraction of sp³-hybridized carbons (Fsp3) is 0.438. The number of anilines is 2. The third-order valence-electron chi connectivity index (χ3n) is 5.24. The topological polar surface area (TPSA) is 131 Å². The molecule has 0 aliphatic carbocycles. The SMILES string of the molecule is C=c1c(N)c(O)c2c(c1O)N1C[C@H](C)[C@H](C)[C@]1(OC)C=2OC(N)=O. The zero-order valence-electron chi connectivity index (χ0n) is 13.8. The number of aromatic hydroxyl groups is 2. The molecule has 2 aliphatic rings. The average molecular weight is 335 g/mol. The van der Waals surface area contributed by atoms with Gasteiger partial charge in [-0.1, -0.05) is 20.4 Å². The second kappa shape index (κ2) is 4.94. The molecular weight excluding hydrogens is 314 g/mol. The maximum Gasteiger partial charge on any atom is 0.409 e. The first-order valence-electron chi connectivity index (χ1n) is 7.55. The van der Waals surface area contributed by atoms with Gasteiger partial charge in [0.2, 0.25) is 5.72 Å². The Labute approximate surface area is 138 Å². The molecule has 3 atom stereocenters. The highest BCUT2D eigenvalue weighted by Gasteiger charge is 2.60. The molecule has 1 aromatic carbocycles. The van der Waals surface area contributed by atoms with E-state index in [4.69, 9.17) is 20.9 Å². The fourth-order valence-electron chi connectivity index (χ4n) is 3.85. The van der Waals surface area contributed by atoms with Crippen LogP contribution in [0.25, 0.3) is 12.3 Å². The molecule has 0 spiro atoms. The minimum Gasteiger partial charge on any atom is -0.505 e. The van der Waals surface area contributed by atoms with Gasteiger partial charge in [0.15, 0.2) is 11.5 Å². The molecule has 0 radical (unpaired) electrons. The van der Waals surface area contributed by atoms with Crippen molar-refractivity contribution < 1.29 is 24.5 Å². The predicted molar refractivity (Wildman–Crippen MR) is 88.4 cm³/mol. The molecule has 6 N–H and O–H groups in total. The Bertz CT molecular complexity index is 852. The highest BCUT2D eigenvalue weighted by Crippen LogP contribution is 2.52. The molecule has 0 saturated carbocycles. The predicted octanol–water partition coefficient (Wildman–Crippen LogP) is -0.258. The van der Waals surface area contributed by atoms with Crippen LogP contribution in [0.5, 0.6) is 11.5 Å². The molecule has 1 saturated heterocycles. The molecule has 0 aromatic heterocycles. The number of hydrogen-bond acceptors (Lipinski definition) is 7. The van der Waals surface area contributed by atoms with E-state index in [9.17, 15) is 15.0 Å². The van der Waals surface area contributed by atoms with Gasteiger partial charge in [-0.3, -0.25) is 0 Å². The summed E-state index contributed by atoms with van der Waals surface area (Å²) in [5.41, 5.74) is 10.1. The van der Waals surface area contributed by atoms with E-state index in [1.807, 2.05) is 13.8 Å². The molecule has 24 heavy (non-hydrogen) atoms. The van der Waals surface area contributed by atoms with Crippen LogP contribution < -0.4 is 26.8 Å². The number of amides is 1. The van der Waals surface area contributed by atoms with Gasteiger partial charge >= 0.3 is 6.09 Å². The number of carbonyl (C=O) groups excluding carboxylic acids is 1. The summed E-state index contributed by atoms with van der Waals surface area (Å²) in [5.74, 6) is -0.431. The van der Waals surface area contributed by atoms with Crippen molar-refractivity contribution in [1.82, 2.24) is 0 Å². The molecule has 0 unspecified atom stereocenters. The zero-order chi connectivity index (χ0) is 18.0. The minimum absolute atomic E-state index is 0.0313. The molecule has 1 aromatic rings. The van der Waals surface area contributed by atoms with E-state index in [0.29, 0.717) is 6.54 Å². The van der Waals surface area contributed by atoms with Gasteiger partial charge in [0.1, 0.15) is 5.75 Å². The van der Waals surface area contributed by atoms with Crippen molar-refractivity contribution >= 4 is 29.8 Å². The summed E-state index contributed by atoms with van der Waals surface area (Å²) in [6, 6.07) is 0.